The second kappa shape index (κ2) is 4.53. The third kappa shape index (κ3) is 2.36. The van der Waals surface area contributed by atoms with Crippen LogP contribution in [0.5, 0.6) is 0 Å². The van der Waals surface area contributed by atoms with Crippen molar-refractivity contribution in [1.29, 1.82) is 0 Å². The van der Waals surface area contributed by atoms with Crippen molar-refractivity contribution in [3.8, 4) is 0 Å². The highest BCUT2D eigenvalue weighted by Crippen LogP contribution is 2.28. The number of anilines is 1. The molecule has 1 aromatic heterocycles. The van der Waals surface area contributed by atoms with Crippen LogP contribution in [0.15, 0.2) is 16.7 Å². The first-order chi connectivity index (χ1) is 8.63. The molecule has 3 rings (SSSR count). The van der Waals surface area contributed by atoms with Gasteiger partial charge in [-0.15, -0.1) is 0 Å². The number of pyridine rings is 1. The van der Waals surface area contributed by atoms with Crippen LogP contribution in [0.1, 0.15) is 18.4 Å². The van der Waals surface area contributed by atoms with Crippen molar-refractivity contribution in [2.75, 3.05) is 18.0 Å². The number of nitrogens with one attached hydrogen (secondary N) is 1. The Labute approximate surface area is 115 Å². The number of nitrogens with zero attached hydrogens (tertiary/aromatic N) is 2. The number of aryl methyl sites for hydroxylation is 1. The minimum absolute atomic E-state index is 0.135. The van der Waals surface area contributed by atoms with Crippen LogP contribution in [0.3, 0.4) is 0 Å². The number of aromatic nitrogens is 1. The molecule has 0 radical (unpaired) electrons. The largest absolute Gasteiger partial charge is 0.355 e. The molecule has 1 saturated heterocycles. The number of hydrogen-bond donors (Lipinski definition) is 1. The van der Waals surface area contributed by atoms with Crippen LogP contribution >= 0.6 is 15.9 Å². The van der Waals surface area contributed by atoms with E-state index < -0.39 is 0 Å². The van der Waals surface area contributed by atoms with Gasteiger partial charge in [-0.2, -0.15) is 0 Å². The second-order valence-electron chi connectivity index (χ2n) is 5.18. The van der Waals surface area contributed by atoms with Gasteiger partial charge < -0.3 is 10.2 Å². The Balaban J connectivity index is 1.59. The topological polar surface area (TPSA) is 45.2 Å². The van der Waals surface area contributed by atoms with Crippen molar-refractivity contribution in [1.82, 2.24) is 10.3 Å². The summed E-state index contributed by atoms with van der Waals surface area (Å²) in [5, 5.41) is 3.06. The van der Waals surface area contributed by atoms with Gasteiger partial charge in [-0.05, 0) is 47.3 Å². The smallest absolute Gasteiger partial charge is 0.226 e. The van der Waals surface area contributed by atoms with Gasteiger partial charge in [0.15, 0.2) is 0 Å². The number of amides is 1. The van der Waals surface area contributed by atoms with E-state index in [1.807, 2.05) is 6.92 Å². The first-order valence-electron chi connectivity index (χ1n) is 6.31. The highest BCUT2D eigenvalue weighted by Gasteiger charge is 2.36. The molecule has 1 aromatic rings. The quantitative estimate of drug-likeness (QED) is 0.927. The summed E-state index contributed by atoms with van der Waals surface area (Å²) < 4.78 is 0.993. The van der Waals surface area contributed by atoms with Crippen LogP contribution in [-0.4, -0.2) is 30.0 Å². The molecule has 0 atom stereocenters. The van der Waals surface area contributed by atoms with E-state index in [9.17, 15) is 4.79 Å². The summed E-state index contributed by atoms with van der Waals surface area (Å²) in [6.45, 7) is 3.62. The molecular formula is C13H16BrN3O. The van der Waals surface area contributed by atoms with Gasteiger partial charge in [0.1, 0.15) is 5.82 Å². The second-order valence-corrected chi connectivity index (χ2v) is 6.09. The zero-order valence-corrected chi connectivity index (χ0v) is 11.9. The highest BCUT2D eigenvalue weighted by atomic mass is 79.9. The van der Waals surface area contributed by atoms with E-state index in [2.05, 4.69) is 37.2 Å². The lowest BCUT2D eigenvalue weighted by molar-refractivity contribution is -0.125. The summed E-state index contributed by atoms with van der Waals surface area (Å²) in [5.74, 6) is 1.34. The van der Waals surface area contributed by atoms with Gasteiger partial charge in [0.05, 0.1) is 5.92 Å². The molecule has 1 aliphatic heterocycles. The molecule has 96 valence electrons. The van der Waals surface area contributed by atoms with E-state index in [1.54, 1.807) is 6.20 Å². The predicted octanol–water partition coefficient (Wildman–Crippen LogP) is 1.87. The fourth-order valence-electron chi connectivity index (χ4n) is 2.23. The van der Waals surface area contributed by atoms with Crippen LogP contribution in [0.2, 0.25) is 0 Å². The number of carbonyl (C=O) groups excluding carboxylic acids is 1. The lowest BCUT2D eigenvalue weighted by Gasteiger charge is -2.39. The molecular weight excluding hydrogens is 294 g/mol. The van der Waals surface area contributed by atoms with E-state index in [-0.39, 0.29) is 11.8 Å². The lowest BCUT2D eigenvalue weighted by Crippen LogP contribution is -2.54. The van der Waals surface area contributed by atoms with Crippen molar-refractivity contribution in [3.05, 3.63) is 22.3 Å². The SMILES string of the molecule is Cc1cc(Br)cnc1N1CC(C(=O)NC2CC2)C1. The molecule has 2 aliphatic rings. The summed E-state index contributed by atoms with van der Waals surface area (Å²) in [5.41, 5.74) is 1.14. The summed E-state index contributed by atoms with van der Waals surface area (Å²) in [6, 6.07) is 2.51. The van der Waals surface area contributed by atoms with Crippen LogP contribution < -0.4 is 10.2 Å². The van der Waals surface area contributed by atoms with Crippen LogP contribution in [-0.2, 0) is 4.79 Å². The monoisotopic (exact) mass is 309 g/mol. The maximum atomic E-state index is 11.8. The average molecular weight is 310 g/mol. The normalized spacial score (nSPS) is 19.6. The Morgan fingerprint density at radius 2 is 2.22 bits per heavy atom. The Morgan fingerprint density at radius 1 is 1.50 bits per heavy atom. The summed E-state index contributed by atoms with van der Waals surface area (Å²) in [6.07, 6.45) is 4.10. The minimum atomic E-state index is 0.135. The van der Waals surface area contributed by atoms with Crippen molar-refractivity contribution >= 4 is 27.7 Å². The standard InChI is InChI=1S/C13H16BrN3O/c1-8-4-10(14)5-15-12(8)17-6-9(7-17)13(18)16-11-2-3-11/h4-5,9,11H,2-3,6-7H2,1H3,(H,16,18). The Morgan fingerprint density at radius 3 is 2.83 bits per heavy atom. The molecule has 2 heterocycles. The van der Waals surface area contributed by atoms with E-state index in [1.165, 1.54) is 0 Å². The number of halogens is 1. The van der Waals surface area contributed by atoms with Crippen molar-refractivity contribution in [2.45, 2.75) is 25.8 Å². The molecule has 5 heteroatoms. The Bertz CT molecular complexity index is 481. The van der Waals surface area contributed by atoms with Gasteiger partial charge in [-0.25, -0.2) is 4.98 Å². The number of carbonyl (C=O) groups is 1. The molecule has 1 aliphatic carbocycles. The van der Waals surface area contributed by atoms with Crippen LogP contribution in [0, 0.1) is 12.8 Å². The van der Waals surface area contributed by atoms with E-state index in [4.69, 9.17) is 0 Å². The zero-order chi connectivity index (χ0) is 12.7. The van der Waals surface area contributed by atoms with Crippen molar-refractivity contribution in [3.63, 3.8) is 0 Å². The summed E-state index contributed by atoms with van der Waals surface area (Å²) >= 11 is 3.41. The highest BCUT2D eigenvalue weighted by molar-refractivity contribution is 9.10. The van der Waals surface area contributed by atoms with Gasteiger partial charge in [-0.1, -0.05) is 0 Å². The lowest BCUT2D eigenvalue weighted by atomic mass is 9.98. The first-order valence-corrected chi connectivity index (χ1v) is 7.10. The van der Waals surface area contributed by atoms with Crippen molar-refractivity contribution < 1.29 is 4.79 Å². The van der Waals surface area contributed by atoms with E-state index in [0.29, 0.717) is 6.04 Å². The molecule has 0 bridgehead atoms. The van der Waals surface area contributed by atoms with Crippen LogP contribution in [0.25, 0.3) is 0 Å². The molecule has 18 heavy (non-hydrogen) atoms. The number of hydrogen-bond acceptors (Lipinski definition) is 3. The van der Waals surface area contributed by atoms with Crippen LogP contribution in [0.4, 0.5) is 5.82 Å². The van der Waals surface area contributed by atoms with Gasteiger partial charge in [0, 0.05) is 29.8 Å². The molecule has 0 aromatic carbocycles. The molecule has 1 N–H and O–H groups in total. The van der Waals surface area contributed by atoms with Gasteiger partial charge in [0.2, 0.25) is 5.91 Å². The molecule has 1 saturated carbocycles. The first kappa shape index (κ1) is 12.0. The summed E-state index contributed by atoms with van der Waals surface area (Å²) in [7, 11) is 0. The summed E-state index contributed by atoms with van der Waals surface area (Å²) in [4.78, 5) is 18.4. The molecule has 0 unspecified atom stereocenters. The third-order valence-corrected chi connectivity index (χ3v) is 3.93. The molecule has 1 amide bonds. The Hall–Kier alpha value is -1.10. The minimum Gasteiger partial charge on any atom is -0.355 e. The van der Waals surface area contributed by atoms with Gasteiger partial charge in [-0.3, -0.25) is 4.79 Å². The third-order valence-electron chi connectivity index (χ3n) is 3.49. The maximum absolute atomic E-state index is 11.8. The van der Waals surface area contributed by atoms with E-state index in [0.717, 1.165) is 41.8 Å². The fourth-order valence-corrected chi connectivity index (χ4v) is 2.67. The molecule has 2 fully saturated rings. The van der Waals surface area contributed by atoms with E-state index >= 15 is 0 Å². The molecule has 0 spiro atoms. The average Bonchev–Trinajstić information content (AvgIpc) is 3.02. The molecule has 4 nitrogen and oxygen atoms in total. The fraction of sp³-hybridized carbons (Fsp3) is 0.538. The van der Waals surface area contributed by atoms with Crippen molar-refractivity contribution in [2.24, 2.45) is 5.92 Å². The Kier molecular flexibility index (Phi) is 3.01. The maximum Gasteiger partial charge on any atom is 0.226 e. The van der Waals surface area contributed by atoms with Gasteiger partial charge >= 0.3 is 0 Å². The predicted molar refractivity (Wildman–Crippen MR) is 73.5 cm³/mol. The zero-order valence-electron chi connectivity index (χ0n) is 10.3. The van der Waals surface area contributed by atoms with Gasteiger partial charge in [0.25, 0.3) is 0 Å². The number of rotatable bonds is 3.